The van der Waals surface area contributed by atoms with Crippen molar-refractivity contribution in [1.82, 2.24) is 0 Å². The maximum Gasteiger partial charge on any atom is 0.344 e. The minimum absolute atomic E-state index is 0.00335. The molecule has 0 heterocycles. The molecule has 0 aliphatic heterocycles. The van der Waals surface area contributed by atoms with Crippen LogP contribution in [0.15, 0.2) is 0 Å². The fraction of sp³-hybridized carbons (Fsp3) is 0.500. The van der Waals surface area contributed by atoms with Crippen molar-refractivity contribution in [2.24, 2.45) is 0 Å². The third-order valence-electron chi connectivity index (χ3n) is 0.486. The molecule has 0 atom stereocenters. The quantitative estimate of drug-likeness (QED) is 0.450. The van der Waals surface area contributed by atoms with Crippen LogP contribution in [0.1, 0.15) is 0 Å². The molecule has 0 aromatic carbocycles. The molecule has 1 N–H and O–H groups in total. The van der Waals surface area contributed by atoms with E-state index in [9.17, 15) is 9.59 Å². The summed E-state index contributed by atoms with van der Waals surface area (Å²) in [5, 5.41) is 7.73. The Hall–Kier alpha value is -0.200. The average molecular weight is 182 g/mol. The van der Waals surface area contributed by atoms with Gasteiger partial charge in [0.25, 0.3) is 0 Å². The van der Waals surface area contributed by atoms with Crippen molar-refractivity contribution in [3.8, 4) is 0 Å². The van der Waals surface area contributed by atoms with Crippen LogP contribution in [0.2, 0.25) is 0 Å². The summed E-state index contributed by atoms with van der Waals surface area (Å²) < 4.78 is 4.17. The number of aliphatic hydroxyl groups is 1. The summed E-state index contributed by atoms with van der Waals surface area (Å²) in [6, 6.07) is 0. The van der Waals surface area contributed by atoms with Crippen LogP contribution >= 0.6 is 24.7 Å². The molecule has 0 radical (unpaired) electrons. The van der Waals surface area contributed by atoms with Gasteiger partial charge in [0.2, 0.25) is 5.12 Å². The average Bonchev–Trinajstić information content (AvgIpc) is 1.99. The molecule has 6 heteroatoms. The zero-order valence-electron chi connectivity index (χ0n) is 4.94. The predicted molar refractivity (Wildman–Crippen MR) is 39.6 cm³/mol. The third kappa shape index (κ3) is 4.66. The molecule has 4 nitrogen and oxygen atoms in total. The first-order chi connectivity index (χ1) is 4.70. The fourth-order valence-corrected chi connectivity index (χ4v) is 0.595. The summed E-state index contributed by atoms with van der Waals surface area (Å²) in [4.78, 5) is 20.5. The Bertz CT molecular complexity index is 119. The SMILES string of the molecule is O=C(CO)OSC(=O)CS. The van der Waals surface area contributed by atoms with Crippen molar-refractivity contribution in [2.75, 3.05) is 12.4 Å². The van der Waals surface area contributed by atoms with Crippen molar-refractivity contribution in [1.29, 1.82) is 0 Å². The van der Waals surface area contributed by atoms with Crippen molar-refractivity contribution in [3.05, 3.63) is 0 Å². The predicted octanol–water partition coefficient (Wildman–Crippen LogP) is -0.373. The van der Waals surface area contributed by atoms with Crippen molar-refractivity contribution >= 4 is 35.8 Å². The van der Waals surface area contributed by atoms with Gasteiger partial charge >= 0.3 is 5.97 Å². The highest BCUT2D eigenvalue weighted by Gasteiger charge is 2.05. The molecule has 10 heavy (non-hydrogen) atoms. The van der Waals surface area contributed by atoms with Crippen molar-refractivity contribution < 1.29 is 18.9 Å². The van der Waals surface area contributed by atoms with Crippen molar-refractivity contribution in [2.45, 2.75) is 0 Å². The van der Waals surface area contributed by atoms with E-state index < -0.39 is 12.6 Å². The van der Waals surface area contributed by atoms with Gasteiger partial charge in [-0.2, -0.15) is 12.6 Å². The number of hydrogen-bond donors (Lipinski definition) is 2. The minimum atomic E-state index is -0.833. The zero-order chi connectivity index (χ0) is 7.98. The van der Waals surface area contributed by atoms with E-state index in [-0.39, 0.29) is 10.9 Å². The lowest BCUT2D eigenvalue weighted by Crippen LogP contribution is -2.06. The van der Waals surface area contributed by atoms with E-state index in [1.807, 2.05) is 0 Å². The Morgan fingerprint density at radius 1 is 1.60 bits per heavy atom. The van der Waals surface area contributed by atoms with Crippen LogP contribution in [0.4, 0.5) is 0 Å². The molecule has 0 rings (SSSR count). The third-order valence-corrected chi connectivity index (χ3v) is 1.59. The summed E-state index contributed by atoms with van der Waals surface area (Å²) >= 11 is 4.01. The number of rotatable bonds is 2. The molecular weight excluding hydrogens is 176 g/mol. The van der Waals surface area contributed by atoms with Gasteiger partial charge in [0.15, 0.2) is 0 Å². The molecule has 0 unspecified atom stereocenters. The minimum Gasteiger partial charge on any atom is -0.385 e. The molecule has 0 aliphatic carbocycles. The number of thiol groups is 1. The maximum absolute atomic E-state index is 10.4. The molecular formula is C4H6O4S2. The second kappa shape index (κ2) is 5.57. The number of aliphatic hydroxyl groups excluding tert-OH is 1. The van der Waals surface area contributed by atoms with Gasteiger partial charge in [-0.25, -0.2) is 4.79 Å². The van der Waals surface area contributed by atoms with Gasteiger partial charge in [0, 0.05) is 0 Å². The molecule has 0 bridgehead atoms. The first kappa shape index (κ1) is 9.80. The second-order valence-corrected chi connectivity index (χ2v) is 2.33. The highest BCUT2D eigenvalue weighted by atomic mass is 32.2. The summed E-state index contributed by atoms with van der Waals surface area (Å²) in [6.07, 6.45) is 0. The lowest BCUT2D eigenvalue weighted by Gasteiger charge is -1.95. The van der Waals surface area contributed by atoms with Crippen LogP contribution < -0.4 is 0 Å². The monoisotopic (exact) mass is 182 g/mol. The Morgan fingerprint density at radius 3 is 2.60 bits per heavy atom. The summed E-state index contributed by atoms with van der Waals surface area (Å²) in [6.45, 7) is -0.715. The first-order valence-corrected chi connectivity index (χ1v) is 3.70. The van der Waals surface area contributed by atoms with Gasteiger partial charge in [-0.1, -0.05) is 0 Å². The lowest BCUT2D eigenvalue weighted by atomic mass is 10.8. The number of carbonyl (C=O) groups is 2. The van der Waals surface area contributed by atoms with Gasteiger partial charge in [-0.05, 0) is 0 Å². The van der Waals surface area contributed by atoms with E-state index in [2.05, 4.69) is 16.8 Å². The second-order valence-electron chi connectivity index (χ2n) is 1.23. The molecule has 0 saturated carbocycles. The normalized spacial score (nSPS) is 9.00. The number of hydrogen-bond acceptors (Lipinski definition) is 6. The molecule has 0 aromatic heterocycles. The summed E-state index contributed by atoms with van der Waals surface area (Å²) in [5.41, 5.74) is 0. The highest BCUT2D eigenvalue weighted by molar-refractivity contribution is 8.11. The van der Waals surface area contributed by atoms with E-state index in [0.717, 1.165) is 0 Å². The van der Waals surface area contributed by atoms with Gasteiger partial charge in [0.1, 0.15) is 18.6 Å². The van der Waals surface area contributed by atoms with E-state index in [0.29, 0.717) is 12.0 Å². The van der Waals surface area contributed by atoms with E-state index in [4.69, 9.17) is 5.11 Å². The molecule has 0 fully saturated rings. The molecule has 0 saturated heterocycles. The van der Waals surface area contributed by atoms with Crippen LogP contribution in [-0.4, -0.2) is 28.6 Å². The molecule has 0 spiro atoms. The van der Waals surface area contributed by atoms with Crippen LogP contribution in [0.3, 0.4) is 0 Å². The fourth-order valence-electron chi connectivity index (χ4n) is 0.146. The van der Waals surface area contributed by atoms with E-state index >= 15 is 0 Å². The smallest absolute Gasteiger partial charge is 0.344 e. The number of carbonyl (C=O) groups excluding carboxylic acids is 2. The Labute approximate surface area is 67.6 Å². The zero-order valence-corrected chi connectivity index (χ0v) is 6.65. The first-order valence-electron chi connectivity index (χ1n) is 2.32. The van der Waals surface area contributed by atoms with Gasteiger partial charge in [0.05, 0.1) is 5.75 Å². The molecule has 0 aliphatic rings. The molecule has 0 aromatic rings. The Balaban J connectivity index is 3.35. The summed E-state index contributed by atoms with van der Waals surface area (Å²) in [7, 11) is 0. The van der Waals surface area contributed by atoms with Gasteiger partial charge in [-0.3, -0.25) is 4.79 Å². The lowest BCUT2D eigenvalue weighted by molar-refractivity contribution is -0.136. The Kier molecular flexibility index (Phi) is 5.46. The van der Waals surface area contributed by atoms with Crippen LogP contribution in [-0.2, 0) is 13.8 Å². The van der Waals surface area contributed by atoms with Gasteiger partial charge in [-0.15, -0.1) is 0 Å². The maximum atomic E-state index is 10.4. The topological polar surface area (TPSA) is 63.6 Å². The van der Waals surface area contributed by atoms with E-state index in [1.54, 1.807) is 0 Å². The molecule has 58 valence electrons. The molecule has 0 amide bonds. The largest absolute Gasteiger partial charge is 0.385 e. The van der Waals surface area contributed by atoms with E-state index in [1.165, 1.54) is 0 Å². The van der Waals surface area contributed by atoms with Crippen molar-refractivity contribution in [3.63, 3.8) is 0 Å². The van der Waals surface area contributed by atoms with Crippen LogP contribution in [0, 0.1) is 0 Å². The standard InChI is InChI=1S/C4H6O4S2/c5-1-3(6)8-10-4(7)2-9/h5,9H,1-2H2. The summed E-state index contributed by atoms with van der Waals surface area (Å²) in [5.74, 6) is -0.830. The van der Waals surface area contributed by atoms with Gasteiger partial charge < -0.3 is 9.29 Å². The van der Waals surface area contributed by atoms with Crippen LogP contribution in [0.5, 0.6) is 0 Å². The highest BCUT2D eigenvalue weighted by Crippen LogP contribution is 2.04. The Morgan fingerprint density at radius 2 is 2.20 bits per heavy atom. The van der Waals surface area contributed by atoms with Crippen LogP contribution in [0.25, 0.3) is 0 Å².